The molecule has 1 heterocycles. The fourth-order valence-electron chi connectivity index (χ4n) is 2.80. The van der Waals surface area contributed by atoms with Crippen LogP contribution in [0.2, 0.25) is 0 Å². The molecule has 3 rings (SSSR count). The lowest BCUT2D eigenvalue weighted by Gasteiger charge is -2.18. The molecular weight excluding hydrogens is 356 g/mol. The SMILES string of the molecule is CCc1ccccc1-n1c(SCC(=O)C(C)(C)C)nc2ccccc2c1=O. The van der Waals surface area contributed by atoms with E-state index in [1.54, 1.807) is 10.6 Å². The Labute approximate surface area is 163 Å². The van der Waals surface area contributed by atoms with Crippen molar-refractivity contribution in [1.29, 1.82) is 0 Å². The van der Waals surface area contributed by atoms with Crippen LogP contribution in [0, 0.1) is 5.41 Å². The Hall–Kier alpha value is -2.40. The average Bonchev–Trinajstić information content (AvgIpc) is 2.65. The zero-order valence-electron chi connectivity index (χ0n) is 16.2. The van der Waals surface area contributed by atoms with Crippen molar-refractivity contribution < 1.29 is 4.79 Å². The first kappa shape index (κ1) is 19.4. The number of hydrogen-bond donors (Lipinski definition) is 0. The molecule has 4 nitrogen and oxygen atoms in total. The molecule has 0 saturated heterocycles. The molecule has 0 aliphatic rings. The molecule has 0 amide bonds. The van der Waals surface area contributed by atoms with E-state index in [0.29, 0.717) is 16.1 Å². The van der Waals surface area contributed by atoms with E-state index in [1.807, 2.05) is 63.2 Å². The first-order valence-corrected chi connectivity index (χ1v) is 10.1. The molecule has 0 fully saturated rings. The average molecular weight is 381 g/mol. The smallest absolute Gasteiger partial charge is 0.266 e. The van der Waals surface area contributed by atoms with Gasteiger partial charge in [0.05, 0.1) is 22.3 Å². The van der Waals surface area contributed by atoms with Gasteiger partial charge in [0.2, 0.25) is 0 Å². The van der Waals surface area contributed by atoms with Crippen molar-refractivity contribution in [1.82, 2.24) is 9.55 Å². The monoisotopic (exact) mass is 380 g/mol. The van der Waals surface area contributed by atoms with Crippen molar-refractivity contribution in [3.05, 3.63) is 64.4 Å². The second-order valence-corrected chi connectivity index (χ2v) is 8.44. The number of benzene rings is 2. The number of carbonyl (C=O) groups excluding carboxylic acids is 1. The van der Waals surface area contributed by atoms with E-state index >= 15 is 0 Å². The maximum absolute atomic E-state index is 13.3. The minimum Gasteiger partial charge on any atom is -0.298 e. The van der Waals surface area contributed by atoms with Crippen LogP contribution in [0.1, 0.15) is 33.3 Å². The van der Waals surface area contributed by atoms with Crippen molar-refractivity contribution in [2.45, 2.75) is 39.3 Å². The van der Waals surface area contributed by atoms with Crippen molar-refractivity contribution in [3.8, 4) is 5.69 Å². The molecule has 0 radical (unpaired) electrons. The standard InChI is InChI=1S/C22H24N2O2S/c1-5-15-10-6-9-13-18(15)24-20(26)16-11-7-8-12-17(16)23-21(24)27-14-19(25)22(2,3)4/h6-13H,5,14H2,1-4H3. The molecule has 0 N–H and O–H groups in total. The predicted molar refractivity (Wildman–Crippen MR) is 112 cm³/mol. The number of carbonyl (C=O) groups is 1. The highest BCUT2D eigenvalue weighted by molar-refractivity contribution is 7.99. The zero-order valence-corrected chi connectivity index (χ0v) is 17.0. The molecule has 2 aromatic carbocycles. The fourth-order valence-corrected chi connectivity index (χ4v) is 3.96. The number of ketones is 1. The molecule has 27 heavy (non-hydrogen) atoms. The summed E-state index contributed by atoms with van der Waals surface area (Å²) < 4.78 is 1.65. The molecule has 0 unspecified atom stereocenters. The summed E-state index contributed by atoms with van der Waals surface area (Å²) >= 11 is 1.33. The highest BCUT2D eigenvalue weighted by Gasteiger charge is 2.23. The molecule has 0 saturated carbocycles. The van der Waals surface area contributed by atoms with Crippen molar-refractivity contribution >= 4 is 28.4 Å². The van der Waals surface area contributed by atoms with E-state index < -0.39 is 5.41 Å². The number of nitrogens with zero attached hydrogens (tertiary/aromatic N) is 2. The Bertz CT molecular complexity index is 1050. The van der Waals surface area contributed by atoms with E-state index in [1.165, 1.54) is 11.8 Å². The number of fused-ring (bicyclic) bond motifs is 1. The molecule has 1 aromatic heterocycles. The number of rotatable bonds is 5. The minimum atomic E-state index is -0.420. The summed E-state index contributed by atoms with van der Waals surface area (Å²) in [5.74, 6) is 0.410. The summed E-state index contributed by atoms with van der Waals surface area (Å²) in [4.78, 5) is 30.4. The van der Waals surface area contributed by atoms with E-state index in [2.05, 4.69) is 6.92 Å². The molecule has 0 bridgehead atoms. The number of aromatic nitrogens is 2. The van der Waals surface area contributed by atoms with Crippen LogP contribution >= 0.6 is 11.8 Å². The van der Waals surface area contributed by atoms with Crippen molar-refractivity contribution in [2.24, 2.45) is 5.41 Å². The summed E-state index contributed by atoms with van der Waals surface area (Å²) in [6.07, 6.45) is 0.806. The van der Waals surface area contributed by atoms with Gasteiger partial charge in [0.25, 0.3) is 5.56 Å². The van der Waals surface area contributed by atoms with Crippen LogP contribution in [-0.4, -0.2) is 21.1 Å². The van der Waals surface area contributed by atoms with E-state index in [9.17, 15) is 9.59 Å². The van der Waals surface area contributed by atoms with Gasteiger partial charge in [-0.25, -0.2) is 4.98 Å². The van der Waals surface area contributed by atoms with Crippen LogP contribution in [0.5, 0.6) is 0 Å². The van der Waals surface area contributed by atoms with Crippen molar-refractivity contribution in [2.75, 3.05) is 5.75 Å². The summed E-state index contributed by atoms with van der Waals surface area (Å²) in [5.41, 5.74) is 2.02. The van der Waals surface area contributed by atoms with Gasteiger partial charge in [0.1, 0.15) is 5.78 Å². The summed E-state index contributed by atoms with van der Waals surface area (Å²) in [5, 5.41) is 1.13. The molecule has 5 heteroatoms. The van der Waals surface area contributed by atoms with Crippen LogP contribution < -0.4 is 5.56 Å². The van der Waals surface area contributed by atoms with E-state index in [0.717, 1.165) is 17.7 Å². The second kappa shape index (κ2) is 7.69. The number of hydrogen-bond acceptors (Lipinski definition) is 4. The molecule has 0 spiro atoms. The summed E-state index contributed by atoms with van der Waals surface area (Å²) in [7, 11) is 0. The number of thioether (sulfide) groups is 1. The minimum absolute atomic E-state index is 0.104. The van der Waals surface area contributed by atoms with Gasteiger partial charge >= 0.3 is 0 Å². The van der Waals surface area contributed by atoms with Gasteiger partial charge in [0.15, 0.2) is 5.16 Å². The largest absolute Gasteiger partial charge is 0.298 e. The lowest BCUT2D eigenvalue weighted by molar-refractivity contribution is -0.123. The fraction of sp³-hybridized carbons (Fsp3) is 0.318. The topological polar surface area (TPSA) is 52.0 Å². The van der Waals surface area contributed by atoms with Gasteiger partial charge < -0.3 is 0 Å². The van der Waals surface area contributed by atoms with E-state index in [-0.39, 0.29) is 17.1 Å². The third-order valence-corrected chi connectivity index (χ3v) is 5.47. The maximum Gasteiger partial charge on any atom is 0.266 e. The Balaban J connectivity index is 2.19. The van der Waals surface area contributed by atoms with Crippen molar-refractivity contribution in [3.63, 3.8) is 0 Å². The third-order valence-electron chi connectivity index (χ3n) is 4.53. The number of para-hydroxylation sites is 2. The third kappa shape index (κ3) is 3.98. The Morgan fingerprint density at radius 3 is 2.44 bits per heavy atom. The first-order chi connectivity index (χ1) is 12.8. The normalized spacial score (nSPS) is 11.7. The quantitative estimate of drug-likeness (QED) is 0.477. The van der Waals surface area contributed by atoms with Gasteiger partial charge in [-0.2, -0.15) is 0 Å². The first-order valence-electron chi connectivity index (χ1n) is 9.09. The molecule has 0 atom stereocenters. The lowest BCUT2D eigenvalue weighted by atomic mass is 9.92. The van der Waals surface area contributed by atoms with Crippen LogP contribution in [0.15, 0.2) is 58.5 Å². The van der Waals surface area contributed by atoms with Gasteiger partial charge in [-0.1, -0.05) is 69.8 Å². The molecule has 3 aromatic rings. The Morgan fingerprint density at radius 2 is 1.74 bits per heavy atom. The van der Waals surface area contributed by atoms with Crippen LogP contribution in [0.25, 0.3) is 16.6 Å². The molecular formula is C22H24N2O2S. The van der Waals surface area contributed by atoms with E-state index in [4.69, 9.17) is 4.98 Å². The highest BCUT2D eigenvalue weighted by atomic mass is 32.2. The number of aryl methyl sites for hydroxylation is 1. The van der Waals surface area contributed by atoms with Gasteiger partial charge in [0, 0.05) is 5.41 Å². The lowest BCUT2D eigenvalue weighted by Crippen LogP contribution is -2.25. The summed E-state index contributed by atoms with van der Waals surface area (Å²) in [6.45, 7) is 7.78. The van der Waals surface area contributed by atoms with Gasteiger partial charge in [-0.05, 0) is 30.2 Å². The molecule has 140 valence electrons. The van der Waals surface area contributed by atoms with Crippen LogP contribution in [0.3, 0.4) is 0 Å². The van der Waals surface area contributed by atoms with Gasteiger partial charge in [-0.3, -0.25) is 14.2 Å². The number of Topliss-reactive ketones (excluding diaryl/α,β-unsaturated/α-hetero) is 1. The molecule has 0 aliphatic carbocycles. The van der Waals surface area contributed by atoms with Crippen LogP contribution in [-0.2, 0) is 11.2 Å². The Kier molecular flexibility index (Phi) is 5.51. The highest BCUT2D eigenvalue weighted by Crippen LogP contribution is 2.26. The summed E-state index contributed by atoms with van der Waals surface area (Å²) in [6, 6.07) is 15.2. The zero-order chi connectivity index (χ0) is 19.6. The van der Waals surface area contributed by atoms with Gasteiger partial charge in [-0.15, -0.1) is 0 Å². The second-order valence-electron chi connectivity index (χ2n) is 7.50. The predicted octanol–water partition coefficient (Wildman–Crippen LogP) is 4.66. The Morgan fingerprint density at radius 1 is 1.07 bits per heavy atom. The maximum atomic E-state index is 13.3. The molecule has 0 aliphatic heterocycles. The van der Waals surface area contributed by atoms with Crippen LogP contribution in [0.4, 0.5) is 0 Å².